The van der Waals surface area contributed by atoms with Crippen LogP contribution in [0.3, 0.4) is 0 Å². The van der Waals surface area contributed by atoms with Gasteiger partial charge >= 0.3 is 0 Å². The van der Waals surface area contributed by atoms with Crippen molar-refractivity contribution in [2.45, 2.75) is 39.7 Å². The normalized spacial score (nSPS) is 21.7. The summed E-state index contributed by atoms with van der Waals surface area (Å²) in [6.07, 6.45) is 2.03. The maximum Gasteiger partial charge on any atom is 0.158 e. The topological polar surface area (TPSA) is 35.6 Å². The molecule has 0 aliphatic heterocycles. The standard InChI is InChI=1S/C13H19ClN4/c1-8-11-12(17(4)16-8)18(9-7-13(9,2)3)10(15-11)5-6-14/h9H,5-7H2,1-4H3. The maximum absolute atomic E-state index is 5.90. The Hall–Kier alpha value is -1.03. The van der Waals surface area contributed by atoms with Gasteiger partial charge in [-0.3, -0.25) is 4.68 Å². The number of nitrogens with zero attached hydrogens (tertiary/aromatic N) is 4. The second kappa shape index (κ2) is 3.73. The van der Waals surface area contributed by atoms with Crippen molar-refractivity contribution in [1.29, 1.82) is 0 Å². The van der Waals surface area contributed by atoms with Crippen LogP contribution >= 0.6 is 11.6 Å². The first kappa shape index (κ1) is 12.0. The third kappa shape index (κ3) is 1.58. The predicted octanol–water partition coefficient (Wildman–Crippen LogP) is 2.83. The van der Waals surface area contributed by atoms with Gasteiger partial charge in [0, 0.05) is 25.4 Å². The van der Waals surface area contributed by atoms with Gasteiger partial charge in [0.05, 0.1) is 5.69 Å². The van der Waals surface area contributed by atoms with E-state index in [-0.39, 0.29) is 0 Å². The molecule has 0 radical (unpaired) electrons. The second-order valence-corrected chi connectivity index (χ2v) is 6.30. The van der Waals surface area contributed by atoms with E-state index in [0.29, 0.717) is 17.3 Å². The number of aromatic nitrogens is 4. The maximum atomic E-state index is 5.90. The Morgan fingerprint density at radius 2 is 2.11 bits per heavy atom. The lowest BCUT2D eigenvalue weighted by atomic mass is 10.2. The smallest absolute Gasteiger partial charge is 0.158 e. The molecule has 0 amide bonds. The molecule has 0 bridgehead atoms. The molecule has 5 heteroatoms. The summed E-state index contributed by atoms with van der Waals surface area (Å²) in [4.78, 5) is 4.74. The zero-order valence-electron chi connectivity index (χ0n) is 11.4. The van der Waals surface area contributed by atoms with Gasteiger partial charge in [-0.05, 0) is 18.8 Å². The molecular formula is C13H19ClN4. The van der Waals surface area contributed by atoms with E-state index < -0.39 is 0 Å². The first-order valence-corrected chi connectivity index (χ1v) is 6.95. The zero-order valence-corrected chi connectivity index (χ0v) is 12.1. The van der Waals surface area contributed by atoms with Crippen LogP contribution in [0, 0.1) is 12.3 Å². The van der Waals surface area contributed by atoms with Gasteiger partial charge in [-0.15, -0.1) is 11.6 Å². The van der Waals surface area contributed by atoms with Crippen LogP contribution in [0.4, 0.5) is 0 Å². The summed E-state index contributed by atoms with van der Waals surface area (Å²) < 4.78 is 4.31. The number of rotatable bonds is 3. The fraction of sp³-hybridized carbons (Fsp3) is 0.692. The van der Waals surface area contributed by atoms with E-state index in [4.69, 9.17) is 16.6 Å². The van der Waals surface area contributed by atoms with Crippen LogP contribution in [0.1, 0.15) is 37.8 Å². The fourth-order valence-corrected chi connectivity index (χ4v) is 2.98. The Labute approximate surface area is 112 Å². The molecule has 1 atom stereocenters. The molecule has 0 saturated heterocycles. The molecule has 1 saturated carbocycles. The summed E-state index contributed by atoms with van der Waals surface area (Å²) in [7, 11) is 1.99. The van der Waals surface area contributed by atoms with E-state index in [2.05, 4.69) is 23.5 Å². The quantitative estimate of drug-likeness (QED) is 0.801. The van der Waals surface area contributed by atoms with Gasteiger partial charge in [0.25, 0.3) is 0 Å². The summed E-state index contributed by atoms with van der Waals surface area (Å²) in [5.74, 6) is 1.72. The molecule has 98 valence electrons. The van der Waals surface area contributed by atoms with Crippen LogP contribution in [-0.2, 0) is 13.5 Å². The van der Waals surface area contributed by atoms with Crippen LogP contribution in [0.25, 0.3) is 11.2 Å². The van der Waals surface area contributed by atoms with Gasteiger partial charge in [0.2, 0.25) is 0 Å². The van der Waals surface area contributed by atoms with Gasteiger partial charge in [-0.1, -0.05) is 13.8 Å². The number of fused-ring (bicyclic) bond motifs is 1. The number of imidazole rings is 1. The Balaban J connectivity index is 2.22. The largest absolute Gasteiger partial charge is 0.309 e. The van der Waals surface area contributed by atoms with E-state index in [1.165, 1.54) is 6.42 Å². The highest BCUT2D eigenvalue weighted by Crippen LogP contribution is 2.56. The molecule has 1 fully saturated rings. The minimum Gasteiger partial charge on any atom is -0.309 e. The number of hydrogen-bond acceptors (Lipinski definition) is 2. The average molecular weight is 267 g/mol. The third-order valence-electron chi connectivity index (χ3n) is 4.00. The molecule has 2 aromatic rings. The molecule has 18 heavy (non-hydrogen) atoms. The van der Waals surface area contributed by atoms with Crippen molar-refractivity contribution >= 4 is 22.8 Å². The zero-order chi connectivity index (χ0) is 13.1. The summed E-state index contributed by atoms with van der Waals surface area (Å²) in [5, 5.41) is 4.47. The highest BCUT2D eigenvalue weighted by molar-refractivity contribution is 6.17. The molecule has 3 rings (SSSR count). The van der Waals surface area contributed by atoms with Gasteiger partial charge in [-0.25, -0.2) is 4.98 Å². The number of alkyl halides is 1. The molecular weight excluding hydrogens is 248 g/mol. The number of aryl methyl sites for hydroxylation is 3. The molecule has 4 nitrogen and oxygen atoms in total. The Morgan fingerprint density at radius 1 is 1.44 bits per heavy atom. The molecule has 0 N–H and O–H groups in total. The number of hydrogen-bond donors (Lipinski definition) is 0. The van der Waals surface area contributed by atoms with E-state index in [1.807, 2.05) is 18.7 Å². The van der Waals surface area contributed by atoms with Crippen molar-refractivity contribution in [1.82, 2.24) is 19.3 Å². The highest BCUT2D eigenvalue weighted by atomic mass is 35.5. The van der Waals surface area contributed by atoms with E-state index >= 15 is 0 Å². The molecule has 1 aliphatic rings. The SMILES string of the molecule is Cc1nn(C)c2c1nc(CCCl)n2C1CC1(C)C. The van der Waals surface area contributed by atoms with Crippen LogP contribution in [0.15, 0.2) is 0 Å². The summed E-state index contributed by atoms with van der Waals surface area (Å²) in [6.45, 7) is 6.62. The van der Waals surface area contributed by atoms with Crippen molar-refractivity contribution in [2.75, 3.05) is 5.88 Å². The summed E-state index contributed by atoms with van der Waals surface area (Å²) >= 11 is 5.90. The lowest BCUT2D eigenvalue weighted by molar-refractivity contribution is 0.528. The Bertz CT molecular complexity index is 608. The molecule has 1 aliphatic carbocycles. The molecule has 2 heterocycles. The molecule has 0 aromatic carbocycles. The first-order valence-electron chi connectivity index (χ1n) is 6.42. The van der Waals surface area contributed by atoms with Gasteiger partial charge in [0.15, 0.2) is 5.65 Å². The van der Waals surface area contributed by atoms with Crippen molar-refractivity contribution in [3.63, 3.8) is 0 Å². The van der Waals surface area contributed by atoms with E-state index in [0.717, 1.165) is 29.1 Å². The van der Waals surface area contributed by atoms with Gasteiger partial charge < -0.3 is 4.57 Å². The fourth-order valence-electron chi connectivity index (χ4n) is 2.81. The molecule has 0 spiro atoms. The average Bonchev–Trinajstić information content (AvgIpc) is 2.66. The summed E-state index contributed by atoms with van der Waals surface area (Å²) in [6, 6.07) is 0.538. The van der Waals surface area contributed by atoms with Crippen molar-refractivity contribution in [3.8, 4) is 0 Å². The van der Waals surface area contributed by atoms with Gasteiger partial charge in [-0.2, -0.15) is 5.10 Å². The van der Waals surface area contributed by atoms with Crippen LogP contribution in [-0.4, -0.2) is 25.2 Å². The van der Waals surface area contributed by atoms with Crippen molar-refractivity contribution in [3.05, 3.63) is 11.5 Å². The van der Waals surface area contributed by atoms with E-state index in [9.17, 15) is 0 Å². The lowest BCUT2D eigenvalue weighted by Gasteiger charge is -2.10. The number of halogens is 1. The third-order valence-corrected chi connectivity index (χ3v) is 4.19. The Kier molecular flexibility index (Phi) is 2.49. The predicted molar refractivity (Wildman–Crippen MR) is 73.1 cm³/mol. The lowest BCUT2D eigenvalue weighted by Crippen LogP contribution is -2.09. The second-order valence-electron chi connectivity index (χ2n) is 5.93. The van der Waals surface area contributed by atoms with Crippen LogP contribution in [0.2, 0.25) is 0 Å². The van der Waals surface area contributed by atoms with Crippen molar-refractivity contribution in [2.24, 2.45) is 12.5 Å². The minimum atomic E-state index is 0.368. The van der Waals surface area contributed by atoms with E-state index in [1.54, 1.807) is 0 Å². The van der Waals surface area contributed by atoms with Crippen molar-refractivity contribution < 1.29 is 0 Å². The van der Waals surface area contributed by atoms with Crippen LogP contribution in [0.5, 0.6) is 0 Å². The first-order chi connectivity index (χ1) is 8.45. The highest BCUT2D eigenvalue weighted by Gasteiger charge is 2.49. The minimum absolute atomic E-state index is 0.368. The molecule has 2 aromatic heterocycles. The Morgan fingerprint density at radius 3 is 2.67 bits per heavy atom. The monoisotopic (exact) mass is 266 g/mol. The summed E-state index contributed by atoms with van der Waals surface area (Å²) in [5.41, 5.74) is 3.54. The van der Waals surface area contributed by atoms with Crippen LogP contribution < -0.4 is 0 Å². The van der Waals surface area contributed by atoms with Gasteiger partial charge in [0.1, 0.15) is 11.3 Å². The molecule has 1 unspecified atom stereocenters.